The minimum Gasteiger partial charge on any atom is -0.347 e. The Morgan fingerprint density at radius 1 is 0.872 bits per heavy atom. The van der Waals surface area contributed by atoms with Gasteiger partial charge in [0.15, 0.2) is 6.29 Å². The van der Waals surface area contributed by atoms with Crippen molar-refractivity contribution in [1.82, 2.24) is 5.32 Å². The van der Waals surface area contributed by atoms with Crippen molar-refractivity contribution in [2.45, 2.75) is 52.5 Å². The fourth-order valence-electron chi connectivity index (χ4n) is 4.30. The Labute approximate surface area is 227 Å². The molecule has 1 heterocycles. The van der Waals surface area contributed by atoms with Gasteiger partial charge in [-0.1, -0.05) is 32.4 Å². The molecule has 0 aromatic heterocycles. The molecular weight excluding hydrogens is 494 g/mol. The highest BCUT2D eigenvalue weighted by atomic mass is 16.2. The Kier molecular flexibility index (Phi) is 7.76. The molecule has 2 N–H and O–H groups in total. The molecule has 3 aromatic carbocycles. The molecule has 0 fully saturated rings. The highest BCUT2D eigenvalue weighted by molar-refractivity contribution is 6.35. The van der Waals surface area contributed by atoms with E-state index >= 15 is 0 Å². The zero-order chi connectivity index (χ0) is 28.3. The predicted molar refractivity (Wildman–Crippen MR) is 150 cm³/mol. The number of carbonyl (C=O) groups excluding carboxylic acids is 5. The molecule has 1 aliphatic rings. The minimum atomic E-state index is -0.597. The molecule has 3 aromatic rings. The van der Waals surface area contributed by atoms with Gasteiger partial charge in [-0.05, 0) is 80.8 Å². The van der Waals surface area contributed by atoms with Gasteiger partial charge < -0.3 is 10.6 Å². The Balaban J connectivity index is 1.54. The van der Waals surface area contributed by atoms with Gasteiger partial charge >= 0.3 is 0 Å². The lowest BCUT2D eigenvalue weighted by atomic mass is 9.97. The molecule has 8 nitrogen and oxygen atoms in total. The van der Waals surface area contributed by atoms with E-state index in [0.29, 0.717) is 29.6 Å². The summed E-state index contributed by atoms with van der Waals surface area (Å²) in [6.45, 7) is 7.72. The van der Waals surface area contributed by atoms with Crippen molar-refractivity contribution in [3.8, 4) is 0 Å². The Morgan fingerprint density at radius 3 is 2.05 bits per heavy atom. The van der Waals surface area contributed by atoms with Crippen molar-refractivity contribution in [2.75, 3.05) is 10.2 Å². The van der Waals surface area contributed by atoms with E-state index in [-0.39, 0.29) is 28.2 Å². The number of amides is 4. The van der Waals surface area contributed by atoms with Gasteiger partial charge in [0.25, 0.3) is 23.6 Å². The van der Waals surface area contributed by atoms with Gasteiger partial charge in [0, 0.05) is 22.4 Å². The van der Waals surface area contributed by atoms with Crippen LogP contribution in [0.15, 0.2) is 60.7 Å². The van der Waals surface area contributed by atoms with Crippen LogP contribution in [-0.4, -0.2) is 35.5 Å². The number of anilines is 2. The number of hydrogen-bond donors (Lipinski definition) is 2. The maximum absolute atomic E-state index is 13.3. The van der Waals surface area contributed by atoms with Crippen LogP contribution in [0.3, 0.4) is 0 Å². The number of rotatable bonds is 9. The third kappa shape index (κ3) is 5.65. The van der Waals surface area contributed by atoms with Gasteiger partial charge in [-0.2, -0.15) is 0 Å². The van der Waals surface area contributed by atoms with E-state index in [9.17, 15) is 24.0 Å². The summed E-state index contributed by atoms with van der Waals surface area (Å²) in [5.74, 6) is -1.96. The first-order valence-electron chi connectivity index (χ1n) is 12.9. The summed E-state index contributed by atoms with van der Waals surface area (Å²) in [6.07, 6.45) is 3.14. The van der Waals surface area contributed by atoms with Gasteiger partial charge in [0.2, 0.25) is 0 Å². The molecule has 0 saturated carbocycles. The maximum Gasteiger partial charge on any atom is 0.266 e. The van der Waals surface area contributed by atoms with Crippen LogP contribution in [-0.2, 0) is 6.42 Å². The van der Waals surface area contributed by atoms with E-state index in [0.717, 1.165) is 23.3 Å². The minimum absolute atomic E-state index is 0.0296. The molecule has 0 aliphatic carbocycles. The van der Waals surface area contributed by atoms with E-state index in [4.69, 9.17) is 0 Å². The van der Waals surface area contributed by atoms with Crippen molar-refractivity contribution >= 4 is 41.3 Å². The van der Waals surface area contributed by atoms with E-state index in [2.05, 4.69) is 17.6 Å². The highest BCUT2D eigenvalue weighted by Gasteiger charge is 2.38. The van der Waals surface area contributed by atoms with Crippen molar-refractivity contribution in [2.24, 2.45) is 0 Å². The van der Waals surface area contributed by atoms with Gasteiger partial charge in [-0.15, -0.1) is 0 Å². The zero-order valence-electron chi connectivity index (χ0n) is 22.5. The lowest BCUT2D eigenvalue weighted by molar-refractivity contribution is 0.0903. The molecule has 0 radical (unpaired) electrons. The molecule has 1 aliphatic heterocycles. The summed E-state index contributed by atoms with van der Waals surface area (Å²) >= 11 is 0. The van der Waals surface area contributed by atoms with Crippen LogP contribution in [0.5, 0.6) is 0 Å². The summed E-state index contributed by atoms with van der Waals surface area (Å²) in [6, 6.07) is 16.3. The van der Waals surface area contributed by atoms with Crippen LogP contribution < -0.4 is 15.5 Å². The maximum atomic E-state index is 13.3. The second-order valence-corrected chi connectivity index (χ2v) is 10.2. The van der Waals surface area contributed by atoms with Gasteiger partial charge in [0.05, 0.1) is 22.4 Å². The molecule has 0 saturated heterocycles. The number of nitrogens with zero attached hydrogens (tertiary/aromatic N) is 1. The number of nitrogens with one attached hydrogen (secondary N) is 2. The Hall–Kier alpha value is -4.59. The van der Waals surface area contributed by atoms with Crippen LogP contribution in [0.2, 0.25) is 0 Å². The van der Waals surface area contributed by atoms with Crippen LogP contribution in [0, 0.1) is 0 Å². The standard InChI is InChI=1S/C31H31N3O5/c1-5-7-19-8-10-20(11-9-19)27(36)32-22-12-14-23(15-13-22)34-29(38)25-16-21(18-35)24(17-26(25)30(34)39)28(37)33-31(3,4)6-2/h8-18H,5-7H2,1-4H3,(H,32,36)(H,33,37). The number of imide groups is 1. The number of fused-ring (bicyclic) bond motifs is 1. The SMILES string of the molecule is CCCc1ccc(C(=O)Nc2ccc(N3C(=O)c4cc(C=O)c(C(=O)NC(C)(C)CC)cc4C3=O)cc2)cc1. The molecule has 8 heteroatoms. The molecule has 200 valence electrons. The zero-order valence-corrected chi connectivity index (χ0v) is 22.5. The van der Waals surface area contributed by atoms with Gasteiger partial charge in [-0.25, -0.2) is 4.90 Å². The number of benzene rings is 3. The van der Waals surface area contributed by atoms with Crippen LogP contribution in [0.4, 0.5) is 11.4 Å². The molecular formula is C31H31N3O5. The highest BCUT2D eigenvalue weighted by Crippen LogP contribution is 2.31. The smallest absolute Gasteiger partial charge is 0.266 e. The summed E-state index contributed by atoms with van der Waals surface area (Å²) in [5, 5.41) is 5.67. The summed E-state index contributed by atoms with van der Waals surface area (Å²) in [7, 11) is 0. The Bertz CT molecular complexity index is 1460. The van der Waals surface area contributed by atoms with E-state index in [1.54, 1.807) is 36.4 Å². The normalized spacial score (nSPS) is 12.8. The van der Waals surface area contributed by atoms with E-state index in [1.807, 2.05) is 32.9 Å². The van der Waals surface area contributed by atoms with Crippen LogP contribution >= 0.6 is 0 Å². The average Bonchev–Trinajstić information content (AvgIpc) is 3.17. The largest absolute Gasteiger partial charge is 0.347 e. The second kappa shape index (κ2) is 11.0. The number of carbonyl (C=O) groups is 5. The van der Waals surface area contributed by atoms with Crippen LogP contribution in [0.25, 0.3) is 0 Å². The quantitative estimate of drug-likeness (QED) is 0.286. The first-order valence-corrected chi connectivity index (χ1v) is 12.9. The van der Waals surface area contributed by atoms with E-state index in [1.165, 1.54) is 12.1 Å². The van der Waals surface area contributed by atoms with Crippen molar-refractivity contribution in [1.29, 1.82) is 0 Å². The summed E-state index contributed by atoms with van der Waals surface area (Å²) in [4.78, 5) is 64.7. The lowest BCUT2D eigenvalue weighted by Crippen LogP contribution is -2.43. The van der Waals surface area contributed by atoms with Crippen LogP contribution in [0.1, 0.15) is 97.9 Å². The third-order valence-electron chi connectivity index (χ3n) is 6.90. The molecule has 0 spiro atoms. The number of hydrogen-bond acceptors (Lipinski definition) is 5. The lowest BCUT2D eigenvalue weighted by Gasteiger charge is -2.24. The van der Waals surface area contributed by atoms with Gasteiger partial charge in [0.1, 0.15) is 0 Å². The summed E-state index contributed by atoms with van der Waals surface area (Å²) in [5.41, 5.74) is 2.14. The topological polar surface area (TPSA) is 113 Å². The molecule has 0 atom stereocenters. The third-order valence-corrected chi connectivity index (χ3v) is 6.90. The molecule has 0 unspecified atom stereocenters. The van der Waals surface area contributed by atoms with Crippen molar-refractivity contribution in [3.63, 3.8) is 0 Å². The fraction of sp³-hybridized carbons (Fsp3) is 0.258. The first kappa shape index (κ1) is 27.4. The Morgan fingerprint density at radius 2 is 1.49 bits per heavy atom. The predicted octanol–water partition coefficient (Wildman–Crippen LogP) is 5.42. The molecule has 4 rings (SSSR count). The number of aldehydes is 1. The van der Waals surface area contributed by atoms with Crippen molar-refractivity contribution in [3.05, 3.63) is 94.0 Å². The second-order valence-electron chi connectivity index (χ2n) is 10.2. The monoisotopic (exact) mass is 525 g/mol. The number of aryl methyl sites for hydroxylation is 1. The van der Waals surface area contributed by atoms with Crippen molar-refractivity contribution < 1.29 is 24.0 Å². The fourth-order valence-corrected chi connectivity index (χ4v) is 4.30. The molecule has 39 heavy (non-hydrogen) atoms. The average molecular weight is 526 g/mol. The van der Waals surface area contributed by atoms with E-state index < -0.39 is 23.3 Å². The summed E-state index contributed by atoms with van der Waals surface area (Å²) < 4.78 is 0. The molecule has 0 bridgehead atoms. The van der Waals surface area contributed by atoms with Gasteiger partial charge in [-0.3, -0.25) is 24.0 Å². The first-order chi connectivity index (χ1) is 18.6. The molecule has 4 amide bonds.